The highest BCUT2D eigenvalue weighted by Crippen LogP contribution is 2.37. The summed E-state index contributed by atoms with van der Waals surface area (Å²) in [6.45, 7) is 0. The summed E-state index contributed by atoms with van der Waals surface area (Å²) in [5.41, 5.74) is 8.21. The van der Waals surface area contributed by atoms with Crippen LogP contribution in [0.1, 0.15) is 30.7 Å². The fraction of sp³-hybridized carbons (Fsp3) is 0.286. The lowest BCUT2D eigenvalue weighted by Gasteiger charge is -2.34. The van der Waals surface area contributed by atoms with Gasteiger partial charge in [-0.2, -0.15) is 4.98 Å². The number of nitrogens with one attached hydrogen (secondary N) is 1. The Balaban J connectivity index is 1.30. The topological polar surface area (TPSA) is 103 Å². The predicted molar refractivity (Wildman–Crippen MR) is 103 cm³/mol. The number of amides is 1. The van der Waals surface area contributed by atoms with Crippen LogP contribution >= 0.6 is 0 Å². The molecule has 1 amide bonds. The predicted octanol–water partition coefficient (Wildman–Crippen LogP) is 3.02. The average Bonchev–Trinajstić information content (AvgIpc) is 3.34. The lowest BCUT2D eigenvalue weighted by Crippen LogP contribution is -2.44. The number of rotatable bonds is 4. The average molecular weight is 376 g/mol. The highest BCUT2D eigenvalue weighted by Gasteiger charge is 2.39. The third-order valence-corrected chi connectivity index (χ3v) is 5.43. The number of hydrogen-bond donors (Lipinski definition) is 2. The second-order valence-corrected chi connectivity index (χ2v) is 7.42. The van der Waals surface area contributed by atoms with E-state index in [1.54, 1.807) is 6.07 Å². The molecule has 0 radical (unpaired) electrons. The van der Waals surface area contributed by atoms with Gasteiger partial charge < -0.3 is 20.3 Å². The van der Waals surface area contributed by atoms with E-state index in [4.69, 9.17) is 15.0 Å². The molecule has 3 N–H and O–H groups in total. The van der Waals surface area contributed by atoms with Gasteiger partial charge in [0.1, 0.15) is 5.75 Å². The summed E-state index contributed by atoms with van der Waals surface area (Å²) in [6.07, 6.45) is 2.84. The number of ether oxygens (including phenoxy) is 1. The number of benzene rings is 2. The smallest absolute Gasteiger partial charge is 0.265 e. The van der Waals surface area contributed by atoms with Gasteiger partial charge in [-0.1, -0.05) is 29.4 Å². The summed E-state index contributed by atoms with van der Waals surface area (Å²) in [5.74, 6) is 1.52. The standard InChI is InChI=1S/C21H20N4O3/c22-21(9-4-10-21)20-24-19(28-25-20)14-6-3-7-15(11-14)23-18(26)17-12-13-5-1-2-8-16(13)27-17/h1-3,5-8,11,17H,4,9-10,12,22H2,(H,23,26). The zero-order valence-corrected chi connectivity index (χ0v) is 15.2. The third-order valence-electron chi connectivity index (χ3n) is 5.43. The van der Waals surface area contributed by atoms with Crippen LogP contribution in [0, 0.1) is 0 Å². The molecule has 1 saturated carbocycles. The summed E-state index contributed by atoms with van der Waals surface area (Å²) in [4.78, 5) is 17.1. The van der Waals surface area contributed by atoms with Crippen LogP contribution in [0.25, 0.3) is 11.5 Å². The maximum absolute atomic E-state index is 12.6. The van der Waals surface area contributed by atoms with E-state index in [0.29, 0.717) is 23.8 Å². The van der Waals surface area contributed by atoms with Crippen molar-refractivity contribution in [2.45, 2.75) is 37.3 Å². The molecule has 1 aliphatic carbocycles. The normalized spacial score (nSPS) is 19.4. The molecule has 1 unspecified atom stereocenters. The van der Waals surface area contributed by atoms with Gasteiger partial charge in [-0.25, -0.2) is 0 Å². The first kappa shape index (κ1) is 16.9. The zero-order chi connectivity index (χ0) is 19.1. The van der Waals surface area contributed by atoms with Crippen molar-refractivity contribution in [1.82, 2.24) is 10.1 Å². The minimum Gasteiger partial charge on any atom is -0.480 e. The lowest BCUT2D eigenvalue weighted by atomic mass is 9.77. The van der Waals surface area contributed by atoms with Gasteiger partial charge in [0.25, 0.3) is 11.8 Å². The summed E-state index contributed by atoms with van der Waals surface area (Å²) in [7, 11) is 0. The maximum Gasteiger partial charge on any atom is 0.265 e. The molecule has 5 rings (SSSR count). The minimum absolute atomic E-state index is 0.185. The van der Waals surface area contributed by atoms with E-state index in [1.807, 2.05) is 42.5 Å². The molecule has 1 atom stereocenters. The number of fused-ring (bicyclic) bond motifs is 1. The molecule has 1 fully saturated rings. The number of carbonyl (C=O) groups is 1. The van der Waals surface area contributed by atoms with Crippen LogP contribution in [0.4, 0.5) is 5.69 Å². The molecule has 2 heterocycles. The summed E-state index contributed by atoms with van der Waals surface area (Å²) < 4.78 is 11.1. The number of hydrogen-bond acceptors (Lipinski definition) is 6. The van der Waals surface area contributed by atoms with Gasteiger partial charge in [0.2, 0.25) is 0 Å². The van der Waals surface area contributed by atoms with Gasteiger partial charge >= 0.3 is 0 Å². The van der Waals surface area contributed by atoms with Crippen LogP contribution in [0.2, 0.25) is 0 Å². The van der Waals surface area contributed by atoms with E-state index < -0.39 is 11.6 Å². The Bertz CT molecular complexity index is 1020. The van der Waals surface area contributed by atoms with Crippen LogP contribution in [0.3, 0.4) is 0 Å². The first-order valence-electron chi connectivity index (χ1n) is 9.40. The number of anilines is 1. The third kappa shape index (κ3) is 2.93. The lowest BCUT2D eigenvalue weighted by molar-refractivity contribution is -0.122. The zero-order valence-electron chi connectivity index (χ0n) is 15.2. The molecule has 2 aromatic carbocycles. The van der Waals surface area contributed by atoms with E-state index in [-0.39, 0.29) is 5.91 Å². The fourth-order valence-electron chi connectivity index (χ4n) is 3.61. The van der Waals surface area contributed by atoms with Gasteiger partial charge in [0.05, 0.1) is 5.54 Å². The Labute approximate surface area is 161 Å². The first-order valence-corrected chi connectivity index (χ1v) is 9.40. The number of nitrogens with zero attached hydrogens (tertiary/aromatic N) is 2. The molecular formula is C21H20N4O3. The molecule has 28 heavy (non-hydrogen) atoms. The van der Waals surface area contributed by atoms with E-state index in [9.17, 15) is 4.79 Å². The molecule has 7 nitrogen and oxygen atoms in total. The SMILES string of the molecule is NC1(c2noc(-c3cccc(NC(=O)C4Cc5ccccc5O4)c3)n2)CCC1. The molecule has 1 aromatic heterocycles. The summed E-state index contributed by atoms with van der Waals surface area (Å²) in [6, 6.07) is 15.0. The van der Waals surface area contributed by atoms with E-state index >= 15 is 0 Å². The Kier molecular flexibility index (Phi) is 3.91. The van der Waals surface area contributed by atoms with Crippen LogP contribution in [0.15, 0.2) is 53.1 Å². The molecule has 142 valence electrons. The van der Waals surface area contributed by atoms with Crippen LogP contribution in [-0.4, -0.2) is 22.2 Å². The number of carbonyl (C=O) groups excluding carboxylic acids is 1. The number of para-hydroxylation sites is 1. The van der Waals surface area contributed by atoms with Gasteiger partial charge in [0.15, 0.2) is 11.9 Å². The first-order chi connectivity index (χ1) is 13.6. The maximum atomic E-state index is 12.6. The van der Waals surface area contributed by atoms with E-state index in [2.05, 4.69) is 15.5 Å². The highest BCUT2D eigenvalue weighted by molar-refractivity contribution is 5.95. The molecule has 2 aliphatic rings. The van der Waals surface area contributed by atoms with Crippen LogP contribution < -0.4 is 15.8 Å². The molecule has 0 saturated heterocycles. The van der Waals surface area contributed by atoms with E-state index in [0.717, 1.165) is 36.1 Å². The largest absolute Gasteiger partial charge is 0.480 e. The van der Waals surface area contributed by atoms with Gasteiger partial charge in [0, 0.05) is 17.7 Å². The summed E-state index contributed by atoms with van der Waals surface area (Å²) >= 11 is 0. The van der Waals surface area contributed by atoms with Crippen molar-refractivity contribution in [3.05, 3.63) is 59.9 Å². The molecule has 1 aliphatic heterocycles. The van der Waals surface area contributed by atoms with Crippen molar-refractivity contribution < 1.29 is 14.1 Å². The van der Waals surface area contributed by atoms with Gasteiger partial charge in [-0.15, -0.1) is 0 Å². The molecule has 0 bridgehead atoms. The van der Waals surface area contributed by atoms with Crippen LogP contribution in [-0.2, 0) is 16.8 Å². The minimum atomic E-state index is -0.535. The number of aromatic nitrogens is 2. The molecule has 3 aromatic rings. The molecule has 7 heteroatoms. The summed E-state index contributed by atoms with van der Waals surface area (Å²) in [5, 5.41) is 6.95. The highest BCUT2D eigenvalue weighted by atomic mass is 16.5. The number of nitrogens with two attached hydrogens (primary N) is 1. The quantitative estimate of drug-likeness (QED) is 0.725. The van der Waals surface area contributed by atoms with Gasteiger partial charge in [-0.05, 0) is 49.1 Å². The Morgan fingerprint density at radius 3 is 2.82 bits per heavy atom. The van der Waals surface area contributed by atoms with E-state index in [1.165, 1.54) is 0 Å². The van der Waals surface area contributed by atoms with Crippen molar-refractivity contribution in [3.8, 4) is 17.2 Å². The molecule has 0 spiro atoms. The van der Waals surface area contributed by atoms with Crippen LogP contribution in [0.5, 0.6) is 5.75 Å². The van der Waals surface area contributed by atoms with Crippen molar-refractivity contribution in [2.75, 3.05) is 5.32 Å². The van der Waals surface area contributed by atoms with Crippen molar-refractivity contribution >= 4 is 11.6 Å². The fourth-order valence-corrected chi connectivity index (χ4v) is 3.61. The van der Waals surface area contributed by atoms with Crippen molar-refractivity contribution in [3.63, 3.8) is 0 Å². The van der Waals surface area contributed by atoms with Crippen molar-refractivity contribution in [1.29, 1.82) is 0 Å². The second-order valence-electron chi connectivity index (χ2n) is 7.42. The Morgan fingerprint density at radius 2 is 2.04 bits per heavy atom. The molecular weight excluding hydrogens is 356 g/mol. The monoisotopic (exact) mass is 376 g/mol. The Morgan fingerprint density at radius 1 is 1.18 bits per heavy atom. The Hall–Kier alpha value is -3.19. The van der Waals surface area contributed by atoms with Crippen molar-refractivity contribution in [2.24, 2.45) is 5.73 Å². The van der Waals surface area contributed by atoms with Gasteiger partial charge in [-0.3, -0.25) is 4.79 Å². The second kappa shape index (κ2) is 6.45.